The van der Waals surface area contributed by atoms with E-state index in [0.29, 0.717) is 6.42 Å². The van der Waals surface area contributed by atoms with E-state index in [1.54, 1.807) is 0 Å². The summed E-state index contributed by atoms with van der Waals surface area (Å²) in [6.07, 6.45) is 1.14. The van der Waals surface area contributed by atoms with Crippen molar-refractivity contribution >= 4 is 23.3 Å². The number of hydrogen-bond acceptors (Lipinski definition) is 4. The Balaban J connectivity index is 2.04. The van der Waals surface area contributed by atoms with Gasteiger partial charge in [0.25, 0.3) is 0 Å². The van der Waals surface area contributed by atoms with Gasteiger partial charge in [-0.25, -0.2) is 4.99 Å². The second-order valence-corrected chi connectivity index (χ2v) is 4.85. The Morgan fingerprint density at radius 2 is 2.32 bits per heavy atom. The van der Waals surface area contributed by atoms with E-state index in [-0.39, 0.29) is 5.97 Å². The molecule has 0 unspecified atom stereocenters. The summed E-state index contributed by atoms with van der Waals surface area (Å²) in [5.41, 5.74) is 4.93. The Bertz CT molecular complexity index is 590. The Morgan fingerprint density at radius 3 is 3.00 bits per heavy atom. The molecule has 2 aliphatic rings. The zero-order valence-electron chi connectivity index (χ0n) is 11.2. The third kappa shape index (κ3) is 2.09. The highest BCUT2D eigenvalue weighted by atomic mass is 19.1. The second-order valence-electron chi connectivity index (χ2n) is 4.85. The zero-order valence-corrected chi connectivity index (χ0v) is 11.2. The lowest BCUT2D eigenvalue weighted by atomic mass is 9.98. The first kappa shape index (κ1) is 12.1. The molecule has 0 saturated carbocycles. The fourth-order valence-corrected chi connectivity index (χ4v) is 2.63. The number of fused-ring (bicyclic) bond motifs is 1. The molecular formula is C14H17FN4. The van der Waals surface area contributed by atoms with Crippen LogP contribution in [0.3, 0.4) is 0 Å². The van der Waals surface area contributed by atoms with Crippen LogP contribution in [0.15, 0.2) is 16.1 Å². The summed E-state index contributed by atoms with van der Waals surface area (Å²) in [6, 6.07) is 2.06. The quantitative estimate of drug-likeness (QED) is 0.858. The van der Waals surface area contributed by atoms with Crippen molar-refractivity contribution in [2.75, 3.05) is 18.4 Å². The molecule has 19 heavy (non-hydrogen) atoms. The first-order valence-corrected chi connectivity index (χ1v) is 6.62. The second kappa shape index (κ2) is 4.64. The molecule has 0 aliphatic carbocycles. The Morgan fingerprint density at radius 1 is 1.47 bits per heavy atom. The molecule has 0 spiro atoms. The number of hydrogen-bond donors (Lipinski definition) is 2. The van der Waals surface area contributed by atoms with Gasteiger partial charge in [0.15, 0.2) is 11.9 Å². The van der Waals surface area contributed by atoms with E-state index in [2.05, 4.69) is 33.6 Å². The van der Waals surface area contributed by atoms with Gasteiger partial charge in [0.1, 0.15) is 0 Å². The van der Waals surface area contributed by atoms with Crippen LogP contribution < -0.4 is 10.6 Å². The average molecular weight is 260 g/mol. The summed E-state index contributed by atoms with van der Waals surface area (Å²) in [4.78, 5) is 8.40. The SMILES string of the molecule is CCc1c(NC2=NCCN2)cc(C)c2c1N=C(F)C2. The zero-order chi connectivity index (χ0) is 13.4. The largest absolute Gasteiger partial charge is 0.354 e. The van der Waals surface area contributed by atoms with E-state index in [9.17, 15) is 4.39 Å². The molecule has 1 aromatic rings. The minimum absolute atomic E-state index is 0.290. The van der Waals surface area contributed by atoms with Gasteiger partial charge in [0.05, 0.1) is 12.2 Å². The third-order valence-electron chi connectivity index (χ3n) is 3.57. The summed E-state index contributed by atoms with van der Waals surface area (Å²) in [5.74, 6) is 0.498. The molecule has 3 rings (SSSR count). The average Bonchev–Trinajstić information content (AvgIpc) is 2.99. The molecule has 2 aliphatic heterocycles. The van der Waals surface area contributed by atoms with Crippen LogP contribution in [0.5, 0.6) is 0 Å². The molecule has 2 heterocycles. The lowest BCUT2D eigenvalue weighted by molar-refractivity contribution is 0.788. The third-order valence-corrected chi connectivity index (χ3v) is 3.57. The Hall–Kier alpha value is -1.91. The maximum Gasteiger partial charge on any atom is 0.195 e. The van der Waals surface area contributed by atoms with Crippen LogP contribution in [0.25, 0.3) is 0 Å². The number of benzene rings is 1. The minimum Gasteiger partial charge on any atom is -0.354 e. The molecule has 0 bridgehead atoms. The summed E-state index contributed by atoms with van der Waals surface area (Å²) in [5, 5.41) is 6.47. The van der Waals surface area contributed by atoms with Gasteiger partial charge in [-0.15, -0.1) is 0 Å². The molecule has 5 heteroatoms. The Labute approximate surface area is 111 Å². The van der Waals surface area contributed by atoms with Crippen molar-refractivity contribution in [1.29, 1.82) is 0 Å². The number of aryl methyl sites for hydroxylation is 1. The van der Waals surface area contributed by atoms with Gasteiger partial charge in [0.2, 0.25) is 0 Å². The maximum absolute atomic E-state index is 13.4. The standard InChI is InChI=1S/C14H17FN4/c1-3-9-11(18-14-16-4-5-17-14)6-8(2)10-7-12(15)19-13(9)10/h6H,3-5,7H2,1-2H3,(H2,16,17,18). The van der Waals surface area contributed by atoms with Crippen molar-refractivity contribution < 1.29 is 4.39 Å². The lowest BCUT2D eigenvalue weighted by Crippen LogP contribution is -2.26. The van der Waals surface area contributed by atoms with Crippen molar-refractivity contribution in [3.05, 3.63) is 22.8 Å². The number of nitrogens with one attached hydrogen (secondary N) is 2. The highest BCUT2D eigenvalue weighted by Gasteiger charge is 2.22. The normalized spacial score (nSPS) is 16.8. The monoisotopic (exact) mass is 260 g/mol. The van der Waals surface area contributed by atoms with Crippen molar-refractivity contribution in [2.24, 2.45) is 9.98 Å². The van der Waals surface area contributed by atoms with Crippen LogP contribution in [0.4, 0.5) is 15.8 Å². The first-order valence-electron chi connectivity index (χ1n) is 6.62. The Kier molecular flexibility index (Phi) is 2.97. The fraction of sp³-hybridized carbons (Fsp3) is 0.429. The van der Waals surface area contributed by atoms with Crippen LogP contribution in [-0.2, 0) is 12.8 Å². The van der Waals surface area contributed by atoms with Crippen molar-refractivity contribution in [2.45, 2.75) is 26.7 Å². The van der Waals surface area contributed by atoms with Gasteiger partial charge in [0, 0.05) is 24.2 Å². The van der Waals surface area contributed by atoms with Gasteiger partial charge < -0.3 is 10.6 Å². The van der Waals surface area contributed by atoms with Gasteiger partial charge in [-0.1, -0.05) is 6.92 Å². The van der Waals surface area contributed by atoms with Crippen LogP contribution in [0.1, 0.15) is 23.6 Å². The van der Waals surface area contributed by atoms with Crippen molar-refractivity contribution in [3.63, 3.8) is 0 Å². The highest BCUT2D eigenvalue weighted by molar-refractivity contribution is 5.98. The number of rotatable bonds is 2. The van der Waals surface area contributed by atoms with Crippen molar-refractivity contribution in [3.8, 4) is 0 Å². The van der Waals surface area contributed by atoms with Crippen LogP contribution >= 0.6 is 0 Å². The number of halogens is 1. The predicted molar refractivity (Wildman–Crippen MR) is 76.4 cm³/mol. The summed E-state index contributed by atoms with van der Waals surface area (Å²) >= 11 is 0. The summed E-state index contributed by atoms with van der Waals surface area (Å²) < 4.78 is 13.4. The minimum atomic E-state index is -0.290. The lowest BCUT2D eigenvalue weighted by Gasteiger charge is -2.16. The van der Waals surface area contributed by atoms with Crippen LogP contribution in [0, 0.1) is 6.92 Å². The van der Waals surface area contributed by atoms with E-state index < -0.39 is 0 Å². The highest BCUT2D eigenvalue weighted by Crippen LogP contribution is 2.38. The summed E-state index contributed by atoms with van der Waals surface area (Å²) in [7, 11) is 0. The number of nitrogens with zero attached hydrogens (tertiary/aromatic N) is 2. The van der Waals surface area contributed by atoms with E-state index >= 15 is 0 Å². The smallest absolute Gasteiger partial charge is 0.195 e. The molecule has 0 fully saturated rings. The van der Waals surface area contributed by atoms with Gasteiger partial charge in [-0.05, 0) is 30.5 Å². The fourth-order valence-electron chi connectivity index (χ4n) is 2.63. The van der Waals surface area contributed by atoms with E-state index in [4.69, 9.17) is 0 Å². The molecule has 0 radical (unpaired) electrons. The number of aliphatic imine (C=N–C) groups is 2. The van der Waals surface area contributed by atoms with Crippen molar-refractivity contribution in [1.82, 2.24) is 5.32 Å². The van der Waals surface area contributed by atoms with E-state index in [1.807, 2.05) is 6.92 Å². The van der Waals surface area contributed by atoms with Gasteiger partial charge >= 0.3 is 0 Å². The number of anilines is 1. The molecule has 0 saturated heterocycles. The van der Waals surface area contributed by atoms with Gasteiger partial charge in [-0.3, -0.25) is 4.99 Å². The topological polar surface area (TPSA) is 48.8 Å². The molecule has 0 atom stereocenters. The first-order chi connectivity index (χ1) is 9.19. The molecule has 1 aromatic carbocycles. The predicted octanol–water partition coefficient (Wildman–Crippen LogP) is 2.48. The van der Waals surface area contributed by atoms with Crippen LogP contribution in [-0.4, -0.2) is 25.0 Å². The molecule has 2 N–H and O–H groups in total. The maximum atomic E-state index is 13.4. The molecule has 4 nitrogen and oxygen atoms in total. The number of guanidine groups is 1. The van der Waals surface area contributed by atoms with E-state index in [1.165, 1.54) is 0 Å². The molecule has 0 aromatic heterocycles. The summed E-state index contributed by atoms with van der Waals surface area (Å²) in [6.45, 7) is 5.72. The van der Waals surface area contributed by atoms with Gasteiger partial charge in [-0.2, -0.15) is 4.39 Å². The van der Waals surface area contributed by atoms with E-state index in [0.717, 1.165) is 53.5 Å². The molecule has 0 amide bonds. The van der Waals surface area contributed by atoms with Crippen LogP contribution in [0.2, 0.25) is 0 Å². The molecule has 100 valence electrons. The molecular weight excluding hydrogens is 243 g/mol.